The number of aryl methyl sites for hydroxylation is 1. The first-order chi connectivity index (χ1) is 16.3. The predicted octanol–water partition coefficient (Wildman–Crippen LogP) is 3.28. The number of benzene rings is 1. The molecule has 184 valence electrons. The Morgan fingerprint density at radius 2 is 1.74 bits per heavy atom. The molecule has 1 amide bonds. The Kier molecular flexibility index (Phi) is 7.52. The maximum Gasteiger partial charge on any atom is 0.309 e. The van der Waals surface area contributed by atoms with Gasteiger partial charge >= 0.3 is 5.97 Å². The Labute approximate surface area is 201 Å². The Balaban J connectivity index is 1.37. The summed E-state index contributed by atoms with van der Waals surface area (Å²) >= 11 is 0. The summed E-state index contributed by atoms with van der Waals surface area (Å²) in [5.74, 6) is -0.983. The summed E-state index contributed by atoms with van der Waals surface area (Å²) in [5, 5.41) is 0.780. The number of pyridine rings is 1. The molecule has 2 fully saturated rings. The molecule has 0 bridgehead atoms. The van der Waals surface area contributed by atoms with Crippen LogP contribution in [0.2, 0.25) is 0 Å². The van der Waals surface area contributed by atoms with Gasteiger partial charge in [0.2, 0.25) is 10.0 Å². The third kappa shape index (κ3) is 5.25. The van der Waals surface area contributed by atoms with Crippen LogP contribution < -0.4 is 0 Å². The van der Waals surface area contributed by atoms with Crippen molar-refractivity contribution in [2.75, 3.05) is 26.2 Å². The molecule has 34 heavy (non-hydrogen) atoms. The van der Waals surface area contributed by atoms with Crippen LogP contribution in [0.5, 0.6) is 0 Å². The van der Waals surface area contributed by atoms with Gasteiger partial charge in [0, 0.05) is 37.8 Å². The lowest BCUT2D eigenvalue weighted by atomic mass is 9.98. The number of sulfonamides is 1. The van der Waals surface area contributed by atoms with Crippen molar-refractivity contribution in [1.82, 2.24) is 14.2 Å². The SMILES string of the molecule is Cc1cnc2c(S(=O)(=O)N3CCC(C(=O)OC(C)C(=O)N4CCCCCC4)CC3)cccc2c1. The fourth-order valence-corrected chi connectivity index (χ4v) is 6.43. The average Bonchev–Trinajstić information content (AvgIpc) is 3.12. The molecule has 1 unspecified atom stereocenters. The van der Waals surface area contributed by atoms with E-state index >= 15 is 0 Å². The monoisotopic (exact) mass is 487 g/mol. The minimum absolute atomic E-state index is 0.144. The van der Waals surface area contributed by atoms with Gasteiger partial charge in [-0.3, -0.25) is 14.6 Å². The van der Waals surface area contributed by atoms with Crippen LogP contribution >= 0.6 is 0 Å². The van der Waals surface area contributed by atoms with Crippen LogP contribution in [0.3, 0.4) is 0 Å². The van der Waals surface area contributed by atoms with Crippen LogP contribution in [-0.2, 0) is 24.3 Å². The summed E-state index contributed by atoms with van der Waals surface area (Å²) in [7, 11) is -3.75. The summed E-state index contributed by atoms with van der Waals surface area (Å²) in [4.78, 5) is 31.8. The smallest absolute Gasteiger partial charge is 0.309 e. The predicted molar refractivity (Wildman–Crippen MR) is 129 cm³/mol. The Bertz CT molecular complexity index is 1150. The Hall–Kier alpha value is -2.52. The van der Waals surface area contributed by atoms with Crippen molar-refractivity contribution < 1.29 is 22.7 Å². The van der Waals surface area contributed by atoms with Crippen molar-refractivity contribution in [3.8, 4) is 0 Å². The third-order valence-electron chi connectivity index (χ3n) is 6.77. The molecule has 0 saturated carbocycles. The van der Waals surface area contributed by atoms with E-state index < -0.39 is 28.0 Å². The van der Waals surface area contributed by atoms with Crippen molar-refractivity contribution in [3.05, 3.63) is 36.0 Å². The van der Waals surface area contributed by atoms with Crippen LogP contribution in [0.15, 0.2) is 35.4 Å². The Morgan fingerprint density at radius 1 is 1.06 bits per heavy atom. The normalized spacial score (nSPS) is 19.5. The lowest BCUT2D eigenvalue weighted by Crippen LogP contribution is -2.43. The largest absolute Gasteiger partial charge is 0.452 e. The second kappa shape index (κ2) is 10.4. The highest BCUT2D eigenvalue weighted by Crippen LogP contribution is 2.29. The van der Waals surface area contributed by atoms with Crippen LogP contribution in [0.4, 0.5) is 0 Å². The molecule has 0 aliphatic carbocycles. The summed E-state index contributed by atoms with van der Waals surface area (Å²) < 4.78 is 33.6. The highest BCUT2D eigenvalue weighted by Gasteiger charge is 2.35. The van der Waals surface area contributed by atoms with Crippen molar-refractivity contribution in [2.24, 2.45) is 5.92 Å². The number of fused-ring (bicyclic) bond motifs is 1. The van der Waals surface area contributed by atoms with E-state index in [0.29, 0.717) is 31.4 Å². The number of carbonyl (C=O) groups excluding carboxylic acids is 2. The first-order valence-corrected chi connectivity index (χ1v) is 13.6. The molecule has 2 aliphatic heterocycles. The number of hydrogen-bond donors (Lipinski definition) is 0. The molecule has 0 spiro atoms. The van der Waals surface area contributed by atoms with Gasteiger partial charge < -0.3 is 9.64 Å². The standard InChI is InChI=1S/C25H33N3O5S/c1-18-16-21-8-7-9-22(23(21)26-17-18)34(31,32)28-14-10-20(11-15-28)25(30)33-19(2)24(29)27-12-5-3-4-6-13-27/h7-9,16-17,19-20H,3-6,10-15H2,1-2H3. The van der Waals surface area contributed by atoms with Gasteiger partial charge in [-0.1, -0.05) is 25.0 Å². The molecule has 1 atom stereocenters. The van der Waals surface area contributed by atoms with Gasteiger partial charge in [0.05, 0.1) is 11.4 Å². The zero-order valence-corrected chi connectivity index (χ0v) is 20.7. The molecule has 1 aromatic carbocycles. The van der Waals surface area contributed by atoms with E-state index in [0.717, 1.165) is 36.6 Å². The molecule has 2 saturated heterocycles. The number of aromatic nitrogens is 1. The highest BCUT2D eigenvalue weighted by atomic mass is 32.2. The van der Waals surface area contributed by atoms with Crippen LogP contribution in [0.1, 0.15) is 51.0 Å². The van der Waals surface area contributed by atoms with Gasteiger partial charge in [0.15, 0.2) is 6.10 Å². The zero-order valence-electron chi connectivity index (χ0n) is 19.9. The van der Waals surface area contributed by atoms with E-state index in [4.69, 9.17) is 4.74 Å². The summed E-state index contributed by atoms with van der Waals surface area (Å²) in [5.41, 5.74) is 1.42. The number of esters is 1. The first-order valence-electron chi connectivity index (χ1n) is 12.1. The average molecular weight is 488 g/mol. The number of para-hydroxylation sites is 1. The second-order valence-electron chi connectivity index (χ2n) is 9.34. The molecule has 4 rings (SSSR count). The number of piperidine rings is 1. The zero-order chi connectivity index (χ0) is 24.3. The number of carbonyl (C=O) groups is 2. The molecule has 3 heterocycles. The minimum atomic E-state index is -3.75. The summed E-state index contributed by atoms with van der Waals surface area (Å²) in [6.07, 6.45) is 5.76. The maximum absolute atomic E-state index is 13.4. The van der Waals surface area contributed by atoms with E-state index in [-0.39, 0.29) is 23.9 Å². The highest BCUT2D eigenvalue weighted by molar-refractivity contribution is 7.89. The van der Waals surface area contributed by atoms with Crippen molar-refractivity contribution in [2.45, 2.75) is 63.4 Å². The van der Waals surface area contributed by atoms with Crippen molar-refractivity contribution in [1.29, 1.82) is 0 Å². The van der Waals surface area contributed by atoms with Gasteiger partial charge in [-0.05, 0) is 57.2 Å². The molecule has 2 aliphatic rings. The van der Waals surface area contributed by atoms with Crippen LogP contribution in [-0.4, -0.2) is 66.8 Å². The molecule has 0 radical (unpaired) electrons. The van der Waals surface area contributed by atoms with E-state index in [1.807, 2.05) is 19.1 Å². The molecule has 9 heteroatoms. The van der Waals surface area contributed by atoms with Gasteiger partial charge in [0.1, 0.15) is 4.90 Å². The summed E-state index contributed by atoms with van der Waals surface area (Å²) in [6, 6.07) is 7.07. The number of rotatable bonds is 5. The molecule has 0 N–H and O–H groups in total. The molecule has 1 aromatic heterocycles. The van der Waals surface area contributed by atoms with Crippen molar-refractivity contribution >= 4 is 32.8 Å². The van der Waals surface area contributed by atoms with E-state index in [1.165, 1.54) is 4.31 Å². The topological polar surface area (TPSA) is 96.9 Å². The number of nitrogens with zero attached hydrogens (tertiary/aromatic N) is 3. The van der Waals surface area contributed by atoms with E-state index in [2.05, 4.69) is 4.98 Å². The number of hydrogen-bond acceptors (Lipinski definition) is 6. The van der Waals surface area contributed by atoms with E-state index in [1.54, 1.807) is 30.2 Å². The molecule has 2 aromatic rings. The summed E-state index contributed by atoms with van der Waals surface area (Å²) in [6.45, 7) is 5.40. The number of ether oxygens (including phenoxy) is 1. The van der Waals surface area contributed by atoms with Gasteiger partial charge in [-0.15, -0.1) is 0 Å². The maximum atomic E-state index is 13.4. The number of likely N-dealkylation sites (tertiary alicyclic amines) is 1. The van der Waals surface area contributed by atoms with E-state index in [9.17, 15) is 18.0 Å². The van der Waals surface area contributed by atoms with Gasteiger partial charge in [0.25, 0.3) is 5.91 Å². The lowest BCUT2D eigenvalue weighted by Gasteiger charge is -2.31. The molecular formula is C25H33N3O5S. The van der Waals surface area contributed by atoms with Crippen molar-refractivity contribution in [3.63, 3.8) is 0 Å². The first kappa shape index (κ1) is 24.6. The van der Waals surface area contributed by atoms with Gasteiger partial charge in [-0.2, -0.15) is 4.31 Å². The Morgan fingerprint density at radius 3 is 2.41 bits per heavy atom. The second-order valence-corrected chi connectivity index (χ2v) is 11.2. The molecule has 8 nitrogen and oxygen atoms in total. The molecular weight excluding hydrogens is 454 g/mol. The lowest BCUT2D eigenvalue weighted by molar-refractivity contribution is -0.163. The fraction of sp³-hybridized carbons (Fsp3) is 0.560. The van der Waals surface area contributed by atoms with Crippen LogP contribution in [0, 0.1) is 12.8 Å². The quantitative estimate of drug-likeness (QED) is 0.601. The number of amides is 1. The van der Waals surface area contributed by atoms with Crippen LogP contribution in [0.25, 0.3) is 10.9 Å². The van der Waals surface area contributed by atoms with Gasteiger partial charge in [-0.25, -0.2) is 8.42 Å². The fourth-order valence-electron chi connectivity index (χ4n) is 4.79. The minimum Gasteiger partial charge on any atom is -0.452 e. The third-order valence-corrected chi connectivity index (χ3v) is 8.70.